The van der Waals surface area contributed by atoms with Crippen LogP contribution in [0.25, 0.3) is 5.82 Å². The molecular weight excluding hydrogens is 358 g/mol. The van der Waals surface area contributed by atoms with Crippen LogP contribution >= 0.6 is 11.6 Å². The van der Waals surface area contributed by atoms with Crippen LogP contribution in [0, 0.1) is 6.92 Å². The molecule has 0 aliphatic heterocycles. The van der Waals surface area contributed by atoms with Crippen molar-refractivity contribution in [3.8, 4) is 5.82 Å². The van der Waals surface area contributed by atoms with Crippen LogP contribution in [-0.4, -0.2) is 26.7 Å². The maximum absolute atomic E-state index is 13.4. The fourth-order valence-corrected chi connectivity index (χ4v) is 3.81. The van der Waals surface area contributed by atoms with Gasteiger partial charge < -0.3 is 5.32 Å². The molecule has 2 heterocycles. The molecular formula is C19H23ClF2N4. The van der Waals surface area contributed by atoms with Crippen LogP contribution in [0.15, 0.2) is 18.2 Å². The molecule has 0 amide bonds. The Hall–Kier alpha value is -1.69. The van der Waals surface area contributed by atoms with E-state index in [9.17, 15) is 8.78 Å². The topological polar surface area (TPSA) is 42.7 Å². The predicted octanol–water partition coefficient (Wildman–Crippen LogP) is 5.27. The number of hydrogen-bond donors (Lipinski definition) is 1. The molecule has 140 valence electrons. The maximum atomic E-state index is 13.4. The molecule has 26 heavy (non-hydrogen) atoms. The van der Waals surface area contributed by atoms with Gasteiger partial charge in [0.1, 0.15) is 5.82 Å². The van der Waals surface area contributed by atoms with Crippen LogP contribution in [0.3, 0.4) is 0 Å². The molecule has 0 unspecified atom stereocenters. The summed E-state index contributed by atoms with van der Waals surface area (Å²) in [7, 11) is 0. The van der Waals surface area contributed by atoms with Crippen molar-refractivity contribution in [2.75, 3.05) is 5.32 Å². The lowest BCUT2D eigenvalue weighted by molar-refractivity contribution is -0.0361. The van der Waals surface area contributed by atoms with Gasteiger partial charge in [-0.3, -0.25) is 0 Å². The molecule has 2 fully saturated rings. The zero-order valence-electron chi connectivity index (χ0n) is 15.0. The lowest BCUT2D eigenvalue weighted by Crippen LogP contribution is -2.32. The lowest BCUT2D eigenvalue weighted by atomic mass is 9.92. The van der Waals surface area contributed by atoms with Crippen molar-refractivity contribution >= 4 is 17.4 Å². The summed E-state index contributed by atoms with van der Waals surface area (Å²) in [6, 6.07) is 5.63. The lowest BCUT2D eigenvalue weighted by Gasteiger charge is -2.29. The molecule has 0 aromatic carbocycles. The van der Waals surface area contributed by atoms with Crippen LogP contribution in [0.1, 0.15) is 56.8 Å². The second-order valence-electron chi connectivity index (χ2n) is 7.95. The number of aromatic nitrogens is 3. The molecule has 1 N–H and O–H groups in total. The van der Waals surface area contributed by atoms with E-state index in [2.05, 4.69) is 28.4 Å². The van der Waals surface area contributed by atoms with E-state index in [0.29, 0.717) is 29.5 Å². The van der Waals surface area contributed by atoms with Crippen LogP contribution in [0.5, 0.6) is 0 Å². The van der Waals surface area contributed by atoms with Gasteiger partial charge in [0.15, 0.2) is 5.82 Å². The van der Waals surface area contributed by atoms with Gasteiger partial charge in [-0.05, 0) is 44.7 Å². The highest BCUT2D eigenvalue weighted by atomic mass is 35.5. The smallest absolute Gasteiger partial charge is 0.248 e. The molecule has 0 atom stereocenters. The highest BCUT2D eigenvalue weighted by Gasteiger charge is 2.42. The summed E-state index contributed by atoms with van der Waals surface area (Å²) in [5, 5.41) is 8.44. The summed E-state index contributed by atoms with van der Waals surface area (Å²) in [5.41, 5.74) is 2.24. The number of alkyl halides is 2. The Bertz CT molecular complexity index is 819. The van der Waals surface area contributed by atoms with E-state index >= 15 is 0 Å². The van der Waals surface area contributed by atoms with Crippen LogP contribution in [0.2, 0.25) is 5.02 Å². The van der Waals surface area contributed by atoms with E-state index in [-0.39, 0.29) is 24.3 Å². The minimum Gasteiger partial charge on any atom is -0.367 e. The number of nitrogens with zero attached hydrogens (tertiary/aromatic N) is 3. The van der Waals surface area contributed by atoms with Crippen molar-refractivity contribution in [2.24, 2.45) is 0 Å². The first-order chi connectivity index (χ1) is 12.2. The van der Waals surface area contributed by atoms with Crippen molar-refractivity contribution < 1.29 is 8.78 Å². The van der Waals surface area contributed by atoms with Gasteiger partial charge in [0.25, 0.3) is 0 Å². The molecule has 4 nitrogen and oxygen atoms in total. The summed E-state index contributed by atoms with van der Waals surface area (Å²) in [6.45, 7) is 4.20. The molecule has 2 aliphatic carbocycles. The zero-order chi connectivity index (χ0) is 18.5. The predicted molar refractivity (Wildman–Crippen MR) is 98.5 cm³/mol. The van der Waals surface area contributed by atoms with Crippen LogP contribution in [0.4, 0.5) is 14.6 Å². The zero-order valence-corrected chi connectivity index (χ0v) is 15.8. The summed E-state index contributed by atoms with van der Waals surface area (Å²) in [4.78, 5) is 4.67. The highest BCUT2D eigenvalue weighted by Crippen LogP contribution is 2.48. The fourth-order valence-electron chi connectivity index (χ4n) is 3.61. The van der Waals surface area contributed by atoms with Crippen molar-refractivity contribution in [3.63, 3.8) is 0 Å². The largest absolute Gasteiger partial charge is 0.367 e. The molecule has 0 spiro atoms. The van der Waals surface area contributed by atoms with Crippen molar-refractivity contribution in [2.45, 2.75) is 69.8 Å². The van der Waals surface area contributed by atoms with E-state index in [4.69, 9.17) is 11.6 Å². The number of hydrogen-bond acceptors (Lipinski definition) is 3. The van der Waals surface area contributed by atoms with Gasteiger partial charge in [-0.25, -0.2) is 18.4 Å². The first kappa shape index (κ1) is 17.7. The second kappa shape index (κ2) is 6.19. The third-order valence-corrected chi connectivity index (χ3v) is 5.73. The highest BCUT2D eigenvalue weighted by molar-refractivity contribution is 6.31. The number of aryl methyl sites for hydroxylation is 1. The van der Waals surface area contributed by atoms with E-state index in [0.717, 1.165) is 24.2 Å². The first-order valence-corrected chi connectivity index (χ1v) is 9.51. The Morgan fingerprint density at radius 2 is 1.85 bits per heavy atom. The molecule has 2 aromatic heterocycles. The Morgan fingerprint density at radius 3 is 2.50 bits per heavy atom. The quantitative estimate of drug-likeness (QED) is 0.785. The summed E-state index contributed by atoms with van der Waals surface area (Å²) < 4.78 is 28.6. The van der Waals surface area contributed by atoms with Crippen LogP contribution < -0.4 is 5.32 Å². The monoisotopic (exact) mass is 380 g/mol. The van der Waals surface area contributed by atoms with Crippen molar-refractivity contribution in [1.82, 2.24) is 14.8 Å². The SMILES string of the molecule is Cc1cc(C2(C)CC2)n(-c2cc(Cl)cc(NC3CCC(F)(F)CC3)n2)n1. The van der Waals surface area contributed by atoms with Crippen molar-refractivity contribution in [3.05, 3.63) is 34.6 Å². The number of rotatable bonds is 4. The number of halogens is 3. The van der Waals surface area contributed by atoms with E-state index in [1.54, 1.807) is 12.1 Å². The molecule has 2 aliphatic rings. The summed E-state index contributed by atoms with van der Waals surface area (Å²) >= 11 is 6.31. The number of nitrogens with one attached hydrogen (secondary N) is 1. The normalized spacial score (nSPS) is 21.6. The van der Waals surface area contributed by atoms with Crippen molar-refractivity contribution in [1.29, 1.82) is 0 Å². The Labute approximate surface area is 157 Å². The molecule has 0 bridgehead atoms. The molecule has 7 heteroatoms. The van der Waals surface area contributed by atoms with E-state index in [1.165, 1.54) is 0 Å². The van der Waals surface area contributed by atoms with Crippen LogP contribution in [-0.2, 0) is 5.41 Å². The maximum Gasteiger partial charge on any atom is 0.248 e. The molecule has 4 rings (SSSR count). The Balaban J connectivity index is 1.60. The Kier molecular flexibility index (Phi) is 4.21. The van der Waals surface area contributed by atoms with Gasteiger partial charge in [-0.2, -0.15) is 5.10 Å². The molecule has 2 saturated carbocycles. The molecule has 0 radical (unpaired) electrons. The fraction of sp³-hybridized carbons (Fsp3) is 0.579. The minimum absolute atomic E-state index is 0.00628. The number of anilines is 1. The summed E-state index contributed by atoms with van der Waals surface area (Å²) in [5.74, 6) is -1.26. The van der Waals surface area contributed by atoms with Gasteiger partial charge >= 0.3 is 0 Å². The second-order valence-corrected chi connectivity index (χ2v) is 8.38. The molecule has 2 aromatic rings. The van der Waals surface area contributed by atoms with Gasteiger partial charge in [-0.15, -0.1) is 0 Å². The van der Waals surface area contributed by atoms with E-state index < -0.39 is 5.92 Å². The van der Waals surface area contributed by atoms with Gasteiger partial charge in [0, 0.05) is 35.4 Å². The average Bonchev–Trinajstić information content (AvgIpc) is 3.18. The third kappa shape index (κ3) is 3.56. The third-order valence-electron chi connectivity index (χ3n) is 5.51. The van der Waals surface area contributed by atoms with Gasteiger partial charge in [-0.1, -0.05) is 18.5 Å². The first-order valence-electron chi connectivity index (χ1n) is 9.14. The minimum atomic E-state index is -2.54. The Morgan fingerprint density at radius 1 is 1.15 bits per heavy atom. The number of pyridine rings is 1. The molecule has 0 saturated heterocycles. The van der Waals surface area contributed by atoms with E-state index in [1.807, 2.05) is 11.6 Å². The van der Waals surface area contributed by atoms with Gasteiger partial charge in [0.05, 0.1) is 11.4 Å². The average molecular weight is 381 g/mol. The van der Waals surface area contributed by atoms with Gasteiger partial charge in [0.2, 0.25) is 5.92 Å². The standard InChI is InChI=1S/C19H23ClF2N4/c1-12-9-15(18(2)7-8-18)26(25-12)17-11-13(20)10-16(24-17)23-14-3-5-19(21,22)6-4-14/h9-11,14H,3-8H2,1-2H3,(H,23,24). The summed E-state index contributed by atoms with van der Waals surface area (Å²) in [6.07, 6.45) is 2.97.